The molecule has 3 nitrogen and oxygen atoms in total. The fourth-order valence-electron chi connectivity index (χ4n) is 2.41. The molecule has 1 aliphatic rings. The maximum absolute atomic E-state index is 12.7. The Labute approximate surface area is 131 Å². The molecule has 22 heavy (non-hydrogen) atoms. The van der Waals surface area contributed by atoms with E-state index in [1.165, 1.54) is 4.90 Å². The molecule has 0 aliphatic carbocycles. The van der Waals surface area contributed by atoms with Crippen molar-refractivity contribution in [1.82, 2.24) is 4.90 Å². The normalized spacial score (nSPS) is 18.3. The van der Waals surface area contributed by atoms with Crippen LogP contribution >= 0.6 is 11.8 Å². The lowest BCUT2D eigenvalue weighted by molar-refractivity contribution is -0.271. The lowest BCUT2D eigenvalue weighted by Gasteiger charge is -2.39. The number of benzene rings is 1. The highest BCUT2D eigenvalue weighted by Gasteiger charge is 2.54. The topological polar surface area (TPSA) is 40.5 Å². The van der Waals surface area contributed by atoms with Crippen LogP contribution < -0.4 is 0 Å². The summed E-state index contributed by atoms with van der Waals surface area (Å²) in [6, 6.07) is 7.03. The van der Waals surface area contributed by atoms with Crippen LogP contribution in [0.15, 0.2) is 29.2 Å². The van der Waals surface area contributed by atoms with Gasteiger partial charge in [0.25, 0.3) is 5.91 Å². The van der Waals surface area contributed by atoms with Crippen molar-refractivity contribution >= 4 is 17.7 Å². The third-order valence-corrected chi connectivity index (χ3v) is 4.71. The second kappa shape index (κ2) is 6.50. The Morgan fingerprint density at radius 2 is 1.82 bits per heavy atom. The Hall–Kier alpha value is -1.21. The average Bonchev–Trinajstić information content (AvgIpc) is 2.47. The Balaban J connectivity index is 2.00. The molecule has 0 aromatic heterocycles. The first-order chi connectivity index (χ1) is 10.3. The number of rotatable bonds is 3. The molecule has 1 fully saturated rings. The number of hydrogen-bond donors (Lipinski definition) is 1. The van der Waals surface area contributed by atoms with Crippen molar-refractivity contribution in [2.75, 3.05) is 18.8 Å². The second-order valence-corrected chi connectivity index (χ2v) is 6.62. The molecule has 1 aliphatic heterocycles. The number of amides is 1. The van der Waals surface area contributed by atoms with Crippen molar-refractivity contribution in [2.45, 2.75) is 36.4 Å². The zero-order chi connectivity index (χ0) is 16.4. The summed E-state index contributed by atoms with van der Waals surface area (Å²) in [6.45, 7) is 1.83. The van der Waals surface area contributed by atoms with Crippen LogP contribution in [0.2, 0.25) is 0 Å². The second-order valence-electron chi connectivity index (χ2n) is 5.28. The van der Waals surface area contributed by atoms with E-state index in [0.717, 1.165) is 10.6 Å². The molecule has 7 heteroatoms. The molecule has 1 saturated heterocycles. The number of alkyl halides is 3. The van der Waals surface area contributed by atoms with Crippen LogP contribution in [0.25, 0.3) is 0 Å². The van der Waals surface area contributed by atoms with E-state index in [4.69, 9.17) is 0 Å². The van der Waals surface area contributed by atoms with Crippen molar-refractivity contribution < 1.29 is 23.1 Å². The van der Waals surface area contributed by atoms with Crippen LogP contribution in [0.3, 0.4) is 0 Å². The molecule has 0 radical (unpaired) electrons. The molecule has 1 aromatic rings. The number of hydrogen-bond acceptors (Lipinski definition) is 3. The van der Waals surface area contributed by atoms with E-state index in [1.54, 1.807) is 23.9 Å². The highest BCUT2D eigenvalue weighted by atomic mass is 32.2. The fourth-order valence-corrected chi connectivity index (χ4v) is 3.07. The first-order valence-electron chi connectivity index (χ1n) is 7.08. The summed E-state index contributed by atoms with van der Waals surface area (Å²) >= 11 is 1.65. The van der Waals surface area contributed by atoms with Gasteiger partial charge < -0.3 is 10.0 Å². The van der Waals surface area contributed by atoms with Gasteiger partial charge in [-0.3, -0.25) is 4.79 Å². The van der Waals surface area contributed by atoms with Gasteiger partial charge in [-0.1, -0.05) is 6.92 Å². The van der Waals surface area contributed by atoms with Crippen LogP contribution in [0.4, 0.5) is 13.2 Å². The van der Waals surface area contributed by atoms with Crippen LogP contribution in [-0.2, 0) is 0 Å². The maximum atomic E-state index is 12.7. The minimum Gasteiger partial charge on any atom is -0.380 e. The predicted molar refractivity (Wildman–Crippen MR) is 79.0 cm³/mol. The van der Waals surface area contributed by atoms with Crippen molar-refractivity contribution in [2.24, 2.45) is 0 Å². The molecule has 0 atom stereocenters. The number of halogens is 3. The summed E-state index contributed by atoms with van der Waals surface area (Å²) in [7, 11) is 0. The number of thioether (sulfide) groups is 1. The quantitative estimate of drug-likeness (QED) is 0.863. The zero-order valence-corrected chi connectivity index (χ0v) is 13.0. The van der Waals surface area contributed by atoms with Gasteiger partial charge in [0, 0.05) is 36.4 Å². The lowest BCUT2D eigenvalue weighted by Crippen LogP contribution is -2.54. The summed E-state index contributed by atoms with van der Waals surface area (Å²) in [5, 5.41) is 9.61. The molecular weight excluding hydrogens is 315 g/mol. The van der Waals surface area contributed by atoms with E-state index in [1.807, 2.05) is 19.1 Å². The monoisotopic (exact) mass is 333 g/mol. The predicted octanol–water partition coefficient (Wildman–Crippen LogP) is 3.33. The van der Waals surface area contributed by atoms with E-state index < -0.39 is 24.6 Å². The van der Waals surface area contributed by atoms with Gasteiger partial charge >= 0.3 is 6.18 Å². The third kappa shape index (κ3) is 3.57. The van der Waals surface area contributed by atoms with Crippen molar-refractivity contribution in [3.8, 4) is 0 Å². The van der Waals surface area contributed by atoms with Crippen molar-refractivity contribution in [3.63, 3.8) is 0 Å². The molecule has 1 heterocycles. The average molecular weight is 333 g/mol. The molecule has 2 rings (SSSR count). The summed E-state index contributed by atoms with van der Waals surface area (Å²) < 4.78 is 38.2. The van der Waals surface area contributed by atoms with Crippen LogP contribution in [0.5, 0.6) is 0 Å². The number of likely N-dealkylation sites (tertiary alicyclic amines) is 1. The van der Waals surface area contributed by atoms with Gasteiger partial charge in [-0.25, -0.2) is 0 Å². The molecule has 1 N–H and O–H groups in total. The smallest absolute Gasteiger partial charge is 0.380 e. The molecule has 1 aromatic carbocycles. The van der Waals surface area contributed by atoms with Gasteiger partial charge in [-0.15, -0.1) is 11.8 Å². The van der Waals surface area contributed by atoms with Gasteiger partial charge in [0.1, 0.15) is 0 Å². The molecular formula is C15H18F3NO2S. The first kappa shape index (κ1) is 17.1. The molecule has 1 amide bonds. The highest BCUT2D eigenvalue weighted by molar-refractivity contribution is 7.99. The van der Waals surface area contributed by atoms with Crippen molar-refractivity contribution in [3.05, 3.63) is 29.8 Å². The van der Waals surface area contributed by atoms with Crippen LogP contribution in [-0.4, -0.2) is 46.5 Å². The Morgan fingerprint density at radius 1 is 1.27 bits per heavy atom. The summed E-state index contributed by atoms with van der Waals surface area (Å²) in [6.07, 6.45) is -5.61. The van der Waals surface area contributed by atoms with E-state index in [-0.39, 0.29) is 19.0 Å². The standard InChI is InChI=1S/C15H18F3NO2S/c1-2-22-12-5-3-11(4-6-12)13(20)19-9-7-14(21,8-10-19)15(16,17)18/h3-6,21H,2,7-10H2,1H3. The number of piperidine rings is 1. The van der Waals surface area contributed by atoms with Gasteiger partial charge in [-0.05, 0) is 30.0 Å². The minimum absolute atomic E-state index is 0.0969. The van der Waals surface area contributed by atoms with Crippen molar-refractivity contribution in [1.29, 1.82) is 0 Å². The number of nitrogens with zero attached hydrogens (tertiary/aromatic N) is 1. The highest BCUT2D eigenvalue weighted by Crippen LogP contribution is 2.38. The van der Waals surface area contributed by atoms with E-state index >= 15 is 0 Å². The van der Waals surface area contributed by atoms with E-state index in [2.05, 4.69) is 0 Å². The summed E-state index contributed by atoms with van der Waals surface area (Å²) in [4.78, 5) is 14.7. The number of carbonyl (C=O) groups excluding carboxylic acids is 1. The summed E-state index contributed by atoms with van der Waals surface area (Å²) in [5.74, 6) is 0.632. The molecule has 0 bridgehead atoms. The lowest BCUT2D eigenvalue weighted by atomic mass is 9.90. The van der Waals surface area contributed by atoms with Gasteiger partial charge in [0.2, 0.25) is 0 Å². The minimum atomic E-state index is -4.65. The maximum Gasteiger partial charge on any atom is 0.417 e. The Morgan fingerprint density at radius 3 is 2.27 bits per heavy atom. The number of carbonyl (C=O) groups is 1. The zero-order valence-electron chi connectivity index (χ0n) is 12.2. The Kier molecular flexibility index (Phi) is 5.07. The van der Waals surface area contributed by atoms with Gasteiger partial charge in [-0.2, -0.15) is 13.2 Å². The van der Waals surface area contributed by atoms with Gasteiger partial charge in [0.05, 0.1) is 0 Å². The van der Waals surface area contributed by atoms with E-state index in [9.17, 15) is 23.1 Å². The summed E-state index contributed by atoms with van der Waals surface area (Å²) in [5.41, 5.74) is -2.22. The molecule has 0 saturated carbocycles. The first-order valence-corrected chi connectivity index (χ1v) is 8.06. The van der Waals surface area contributed by atoms with E-state index in [0.29, 0.717) is 5.56 Å². The molecule has 122 valence electrons. The molecule has 0 spiro atoms. The third-order valence-electron chi connectivity index (χ3n) is 3.82. The van der Waals surface area contributed by atoms with Gasteiger partial charge in [0.15, 0.2) is 5.60 Å². The SMILES string of the molecule is CCSc1ccc(C(=O)N2CCC(O)(C(F)(F)F)CC2)cc1. The fraction of sp³-hybridized carbons (Fsp3) is 0.533. The number of aliphatic hydroxyl groups is 1. The van der Waals surface area contributed by atoms with Crippen LogP contribution in [0, 0.1) is 0 Å². The Bertz CT molecular complexity index is 523. The largest absolute Gasteiger partial charge is 0.417 e. The van der Waals surface area contributed by atoms with Crippen LogP contribution in [0.1, 0.15) is 30.1 Å². The molecule has 0 unspecified atom stereocenters.